The number of aromatic nitrogens is 4. The van der Waals surface area contributed by atoms with Gasteiger partial charge in [-0.05, 0) is 233 Å². The second-order valence-corrected chi connectivity index (χ2v) is 35.2. The van der Waals surface area contributed by atoms with Gasteiger partial charge in [0.15, 0.2) is 8.07 Å². The molecule has 4 aromatic heterocycles. The molecule has 0 radical (unpaired) electrons. The Balaban J connectivity index is 0.000000151. The van der Waals surface area contributed by atoms with Crippen LogP contribution >= 0.6 is 0 Å². The maximum absolute atomic E-state index is 9.39. The van der Waals surface area contributed by atoms with Crippen molar-refractivity contribution < 1.29 is 0 Å². The molecule has 6 heteroatoms. The molecule has 0 saturated carbocycles. The van der Waals surface area contributed by atoms with E-state index >= 15 is 0 Å². The van der Waals surface area contributed by atoms with Crippen LogP contribution < -0.4 is 20.7 Å². The highest BCUT2D eigenvalue weighted by molar-refractivity contribution is 7.19. The van der Waals surface area contributed by atoms with Crippen molar-refractivity contribution in [1.82, 2.24) is 18.3 Å². The first-order valence-electron chi connectivity index (χ1n) is 41.4. The van der Waals surface area contributed by atoms with E-state index in [4.69, 9.17) is 0 Å². The summed E-state index contributed by atoms with van der Waals surface area (Å²) in [5.74, 6) is 0. The van der Waals surface area contributed by atoms with Gasteiger partial charge in [0.05, 0.1) is 55.8 Å². The second-order valence-electron chi connectivity index (χ2n) is 31.4. The Labute approximate surface area is 703 Å². The summed E-state index contributed by atoms with van der Waals surface area (Å²) in [4.78, 5) is 0. The molecule has 0 amide bonds. The van der Waals surface area contributed by atoms with Crippen molar-refractivity contribution in [3.8, 4) is 95.6 Å². The van der Waals surface area contributed by atoms with E-state index in [1.807, 2.05) is 18.2 Å². The first kappa shape index (κ1) is 71.6. The molecule has 0 fully saturated rings. The van der Waals surface area contributed by atoms with Crippen molar-refractivity contribution in [2.24, 2.45) is 0 Å². The lowest BCUT2D eigenvalue weighted by Gasteiger charge is -2.34. The fourth-order valence-electron chi connectivity index (χ4n) is 19.0. The number of nitrogens with zero attached hydrogens (tertiary/aromatic N) is 5. The van der Waals surface area contributed by atoms with E-state index in [0.717, 1.165) is 33.6 Å². The van der Waals surface area contributed by atoms with E-state index in [0.29, 0.717) is 5.56 Å². The van der Waals surface area contributed by atoms with Crippen molar-refractivity contribution in [3.63, 3.8) is 0 Å². The molecule has 0 N–H and O–H groups in total. The predicted molar refractivity (Wildman–Crippen MR) is 511 cm³/mol. The molecule has 566 valence electrons. The van der Waals surface area contributed by atoms with E-state index in [2.05, 4.69) is 473 Å². The molecule has 0 aliphatic carbocycles. The van der Waals surface area contributed by atoms with Crippen LogP contribution in [0.15, 0.2) is 467 Å². The normalized spacial score (nSPS) is 11.6. The summed E-state index contributed by atoms with van der Waals surface area (Å²) in [6, 6.07) is 172. The van der Waals surface area contributed by atoms with Crippen LogP contribution in [-0.4, -0.2) is 26.3 Å². The highest BCUT2D eigenvalue weighted by Crippen LogP contribution is 2.43. The van der Waals surface area contributed by atoms with Crippen molar-refractivity contribution in [2.45, 2.75) is 0 Å². The summed E-state index contributed by atoms with van der Waals surface area (Å²) in [6.45, 7) is 0. The standard InChI is InChI=1S/C66H46N2Si.C49H31N3/c1-5-20-53(21-6-1)67-63-30-15-13-28-59(63)61-45-51(36-42-65(61)67)52-37-43-66-62(46-52)60-29-14-16-31-64(60)68(66)54-38-32-47(33-39-54)49-18-17-19-50(44-49)48-34-40-58(41-35-48)69(55-22-7-2-8-23-55,56-24-9-3-10-25-56)57-26-11-4-12-27-57;50-32-33-10-8-11-35(28-33)37-13-9-12-36(29-37)34-20-24-41(25-21-34)52-47-19-7-5-17-43(47)45-31-39(23-27-49(45)52)38-22-26-48-44(30-38)42-16-4-6-18-46(42)51(48)40-14-2-1-3-15-40/h1-46H;1-31H. The van der Waals surface area contributed by atoms with E-state index in [1.165, 1.54) is 164 Å². The van der Waals surface area contributed by atoms with Gasteiger partial charge in [0.2, 0.25) is 0 Å². The van der Waals surface area contributed by atoms with Gasteiger partial charge >= 0.3 is 0 Å². The zero-order valence-corrected chi connectivity index (χ0v) is 67.2. The van der Waals surface area contributed by atoms with Gasteiger partial charge in [0, 0.05) is 65.8 Å². The lowest BCUT2D eigenvalue weighted by molar-refractivity contribution is 1.18. The number of rotatable bonds is 14. The second kappa shape index (κ2) is 30.3. The zero-order valence-electron chi connectivity index (χ0n) is 66.2. The molecule has 0 saturated heterocycles. The van der Waals surface area contributed by atoms with Gasteiger partial charge in [-0.3, -0.25) is 0 Å². The van der Waals surface area contributed by atoms with Crippen LogP contribution in [0.5, 0.6) is 0 Å². The fraction of sp³-hybridized carbons (Fsp3) is 0. The SMILES string of the molecule is N#Cc1cccc(-c2cccc(-c3ccc(-n4c5ccccc5c5cc(-c6ccc7c(c6)c6ccccc6n7-c6ccccc6)ccc54)cc3)c2)c1.c1ccc(-n2c3ccccc3c3cc(-c4ccc5c(c4)c4ccccc4n5-c4ccc(-c5cccc(-c6ccc([Si](c7ccccc7)(c7ccccc7)c7ccccc7)cc6)c5)cc4)ccc32)cc1. The molecule has 0 aliphatic rings. The third-order valence-electron chi connectivity index (χ3n) is 24.6. The van der Waals surface area contributed by atoms with E-state index in [1.54, 1.807) is 0 Å². The number of para-hydroxylation sites is 6. The third-order valence-corrected chi connectivity index (χ3v) is 29.4. The molecule has 0 spiro atoms. The van der Waals surface area contributed by atoms with Gasteiger partial charge in [-0.2, -0.15) is 5.26 Å². The minimum absolute atomic E-state index is 0.666. The van der Waals surface area contributed by atoms with Crippen LogP contribution in [-0.2, 0) is 0 Å². The maximum Gasteiger partial charge on any atom is 0.179 e. The molecule has 0 bridgehead atoms. The largest absolute Gasteiger partial charge is 0.309 e. The Morgan fingerprint density at radius 2 is 0.380 bits per heavy atom. The van der Waals surface area contributed by atoms with Crippen LogP contribution in [0.3, 0.4) is 0 Å². The molecular formula is C115H77N5Si. The number of hydrogen-bond acceptors (Lipinski definition) is 1. The van der Waals surface area contributed by atoms with Gasteiger partial charge in [-0.25, -0.2) is 0 Å². The highest BCUT2D eigenvalue weighted by Gasteiger charge is 2.41. The summed E-state index contributed by atoms with van der Waals surface area (Å²) < 4.78 is 9.53. The van der Waals surface area contributed by atoms with E-state index in [-0.39, 0.29) is 0 Å². The summed E-state index contributed by atoms with van der Waals surface area (Å²) >= 11 is 0. The van der Waals surface area contributed by atoms with Crippen molar-refractivity contribution in [1.29, 1.82) is 5.26 Å². The lowest BCUT2D eigenvalue weighted by atomic mass is 9.98. The van der Waals surface area contributed by atoms with Gasteiger partial charge < -0.3 is 18.3 Å². The average molecular weight is 1560 g/mol. The monoisotopic (exact) mass is 1560 g/mol. The Morgan fingerprint density at radius 3 is 0.694 bits per heavy atom. The summed E-state index contributed by atoms with van der Waals surface area (Å²) in [7, 11) is -2.60. The van der Waals surface area contributed by atoms with Gasteiger partial charge in [0.1, 0.15) is 0 Å². The van der Waals surface area contributed by atoms with Crippen LogP contribution in [0.25, 0.3) is 177 Å². The zero-order chi connectivity index (χ0) is 80.3. The summed E-state index contributed by atoms with van der Waals surface area (Å²) in [5, 5.41) is 24.9. The molecule has 19 aromatic carbocycles. The fourth-order valence-corrected chi connectivity index (χ4v) is 23.7. The van der Waals surface area contributed by atoms with Crippen LogP contribution in [0.1, 0.15) is 5.56 Å². The molecule has 121 heavy (non-hydrogen) atoms. The molecule has 0 aliphatic heterocycles. The van der Waals surface area contributed by atoms with Gasteiger partial charge in [-0.1, -0.05) is 322 Å². The smallest absolute Gasteiger partial charge is 0.179 e. The molecule has 0 atom stereocenters. The molecule has 0 unspecified atom stereocenters. The van der Waals surface area contributed by atoms with E-state index < -0.39 is 8.07 Å². The Morgan fingerprint density at radius 1 is 0.157 bits per heavy atom. The van der Waals surface area contributed by atoms with Crippen LogP contribution in [0.4, 0.5) is 0 Å². The average Bonchev–Trinajstić information content (AvgIpc) is 1.58. The minimum atomic E-state index is -2.60. The molecule has 4 heterocycles. The highest BCUT2D eigenvalue weighted by atomic mass is 28.3. The van der Waals surface area contributed by atoms with Crippen molar-refractivity contribution >= 4 is 116 Å². The van der Waals surface area contributed by atoms with Gasteiger partial charge in [-0.15, -0.1) is 0 Å². The quantitative estimate of drug-likeness (QED) is 0.0790. The number of fused-ring (bicyclic) bond motifs is 12. The summed E-state index contributed by atoms with van der Waals surface area (Å²) in [5.41, 5.74) is 28.9. The van der Waals surface area contributed by atoms with Crippen molar-refractivity contribution in [3.05, 3.63) is 473 Å². The van der Waals surface area contributed by atoms with E-state index in [9.17, 15) is 5.26 Å². The minimum Gasteiger partial charge on any atom is -0.309 e. The Kier molecular flexibility index (Phi) is 17.9. The first-order valence-corrected chi connectivity index (χ1v) is 43.4. The van der Waals surface area contributed by atoms with Crippen molar-refractivity contribution in [2.75, 3.05) is 0 Å². The topological polar surface area (TPSA) is 43.5 Å². The van der Waals surface area contributed by atoms with Crippen LogP contribution in [0.2, 0.25) is 0 Å². The number of benzene rings is 19. The number of hydrogen-bond donors (Lipinski definition) is 0. The molecule has 23 aromatic rings. The Bertz CT molecular complexity index is 7820. The third kappa shape index (κ3) is 12.5. The van der Waals surface area contributed by atoms with Crippen LogP contribution in [0, 0.1) is 11.3 Å². The Hall–Kier alpha value is -15.9. The first-order chi connectivity index (χ1) is 59.9. The van der Waals surface area contributed by atoms with Gasteiger partial charge in [0.25, 0.3) is 0 Å². The summed E-state index contributed by atoms with van der Waals surface area (Å²) in [6.07, 6.45) is 0. The molecule has 5 nitrogen and oxygen atoms in total. The lowest BCUT2D eigenvalue weighted by Crippen LogP contribution is -2.74. The molecular weight excluding hydrogens is 1480 g/mol. The maximum atomic E-state index is 9.39. The predicted octanol–water partition coefficient (Wildman–Crippen LogP) is 27.0. The number of nitriles is 1. The molecule has 23 rings (SSSR count).